The van der Waals surface area contributed by atoms with Gasteiger partial charge in [-0.2, -0.15) is 0 Å². The van der Waals surface area contributed by atoms with Crippen molar-refractivity contribution in [2.75, 3.05) is 0 Å². The van der Waals surface area contributed by atoms with Gasteiger partial charge in [-0.15, -0.1) is 6.58 Å². The third-order valence-electron chi connectivity index (χ3n) is 0.545. The van der Waals surface area contributed by atoms with Gasteiger partial charge in [0.2, 0.25) is 10.9 Å². The van der Waals surface area contributed by atoms with Crippen LogP contribution in [-0.4, -0.2) is 14.4 Å². The highest BCUT2D eigenvalue weighted by atomic mass is 32.2. The second-order valence-electron chi connectivity index (χ2n) is 1.32. The van der Waals surface area contributed by atoms with Crippen LogP contribution in [0, 0.1) is 0 Å². The van der Waals surface area contributed by atoms with Crippen LogP contribution >= 0.6 is 0 Å². The summed E-state index contributed by atoms with van der Waals surface area (Å²) in [6.07, 6.45) is 1.29. The maximum absolute atomic E-state index is 10.3. The lowest BCUT2D eigenvalue weighted by molar-refractivity contribution is -0.145. The van der Waals surface area contributed by atoms with Gasteiger partial charge in [-0.25, -0.2) is 13.2 Å². The summed E-state index contributed by atoms with van der Waals surface area (Å²) in [5.74, 6) is -0.686. The first-order chi connectivity index (χ1) is 4.66. The molecule has 0 aromatic carbocycles. The van der Waals surface area contributed by atoms with Gasteiger partial charge in [-0.3, -0.25) is 0 Å². The van der Waals surface area contributed by atoms with Crippen molar-refractivity contribution in [3.8, 4) is 0 Å². The van der Waals surface area contributed by atoms with Crippen molar-refractivity contribution in [1.29, 1.82) is 0 Å². The van der Waals surface area contributed by atoms with E-state index in [1.165, 1.54) is 11.0 Å². The molecule has 0 bridgehead atoms. The average molecular weight is 165 g/mol. The highest BCUT2D eigenvalue weighted by Crippen LogP contribution is 1.82. The van der Waals surface area contributed by atoms with Gasteiger partial charge in [-0.1, -0.05) is 6.08 Å². The Hall–Kier alpha value is -0.880. The van der Waals surface area contributed by atoms with E-state index in [0.717, 1.165) is 0 Å². The molecule has 5 nitrogen and oxygen atoms in total. The second kappa shape index (κ2) is 4.95. The Balaban J connectivity index is 3.49. The quantitative estimate of drug-likeness (QED) is 0.323. The van der Waals surface area contributed by atoms with E-state index in [0.29, 0.717) is 0 Å². The highest BCUT2D eigenvalue weighted by Gasteiger charge is 1.97. The molecule has 0 aromatic rings. The molecule has 58 valence electrons. The minimum atomic E-state index is -2.87. The molecule has 0 radical (unpaired) electrons. The normalized spacial score (nSPS) is 9.30. The van der Waals surface area contributed by atoms with E-state index in [1.807, 2.05) is 0 Å². The van der Waals surface area contributed by atoms with Crippen molar-refractivity contribution >= 4 is 16.9 Å². The molecule has 6 heteroatoms. The minimum absolute atomic E-state index is 0.0177. The third kappa shape index (κ3) is 5.26. The Labute approximate surface area is 59.7 Å². The molecule has 0 rings (SSSR count). The minimum Gasteiger partial charge on any atom is -0.356 e. The van der Waals surface area contributed by atoms with Gasteiger partial charge in [0.15, 0.2) is 0 Å². The van der Waals surface area contributed by atoms with Crippen LogP contribution < -0.4 is 4.89 Å². The summed E-state index contributed by atoms with van der Waals surface area (Å²) in [6, 6.07) is 0. The number of rotatable bonds is 4. The van der Waals surface area contributed by atoms with Crippen LogP contribution in [0.1, 0.15) is 6.42 Å². The largest absolute Gasteiger partial charge is 0.356 e. The number of carbonyl (C=O) groups excluding carboxylic acids is 1. The second-order valence-corrected chi connectivity index (χ2v) is 2.01. The van der Waals surface area contributed by atoms with Gasteiger partial charge < -0.3 is 4.84 Å². The summed E-state index contributed by atoms with van der Waals surface area (Å²) in [5.41, 5.74) is 0. The molecule has 0 amide bonds. The summed E-state index contributed by atoms with van der Waals surface area (Å²) >= 11 is 0. The lowest BCUT2D eigenvalue weighted by atomic mass is 10.4. The highest BCUT2D eigenvalue weighted by molar-refractivity contribution is 7.70. The van der Waals surface area contributed by atoms with Gasteiger partial charge >= 0.3 is 5.97 Å². The van der Waals surface area contributed by atoms with E-state index < -0.39 is 16.9 Å². The first-order valence-corrected chi connectivity index (χ1v) is 3.55. The fraction of sp³-hybridized carbons (Fsp3) is 0.250. The van der Waals surface area contributed by atoms with Crippen LogP contribution in [0.25, 0.3) is 0 Å². The smallest absolute Gasteiger partial charge is 0.329 e. The summed E-state index contributed by atoms with van der Waals surface area (Å²) in [4.78, 5) is 15.8. The summed E-state index contributed by atoms with van der Waals surface area (Å²) in [7, 11) is -2.87. The monoisotopic (exact) mass is 165 g/mol. The van der Waals surface area contributed by atoms with E-state index in [9.17, 15) is 13.2 Å². The van der Waals surface area contributed by atoms with Crippen molar-refractivity contribution < 1.29 is 18.0 Å². The van der Waals surface area contributed by atoms with Gasteiger partial charge in [0, 0.05) is 0 Å². The van der Waals surface area contributed by atoms with Crippen molar-refractivity contribution in [3.63, 3.8) is 0 Å². The van der Waals surface area contributed by atoms with Crippen LogP contribution in [0.3, 0.4) is 0 Å². The molecule has 0 saturated heterocycles. The predicted octanol–water partition coefficient (Wildman–Crippen LogP) is -0.863. The number of thiol groups is 1. The number of carbonyl (C=O) groups is 1. The van der Waals surface area contributed by atoms with Crippen LogP contribution in [0.15, 0.2) is 12.7 Å². The molecule has 0 atom stereocenters. The molecule has 0 unspecified atom stereocenters. The van der Waals surface area contributed by atoms with E-state index in [4.69, 9.17) is 0 Å². The van der Waals surface area contributed by atoms with E-state index in [1.54, 1.807) is 0 Å². The van der Waals surface area contributed by atoms with Crippen LogP contribution in [0.2, 0.25) is 0 Å². The number of hydrogen-bond donors (Lipinski definition) is 2. The van der Waals surface area contributed by atoms with Gasteiger partial charge in [0.25, 0.3) is 0 Å². The van der Waals surface area contributed by atoms with Gasteiger partial charge in [-0.05, 0) is 4.89 Å². The Morgan fingerprint density at radius 2 is 2.30 bits per heavy atom. The van der Waals surface area contributed by atoms with Gasteiger partial charge in [0.05, 0.1) is 6.42 Å². The Bertz CT molecular complexity index is 189. The fourth-order valence-corrected chi connectivity index (χ4v) is 0.424. The van der Waals surface area contributed by atoms with Crippen molar-refractivity contribution in [2.24, 2.45) is 0 Å². The zero-order valence-corrected chi connectivity index (χ0v) is 5.97. The maximum atomic E-state index is 10.3. The standard InChI is InChI=1S/C4H7NO4S/c1-2-3-4(6)9-5-10(7)8/h2,10H,1,3H2,(H,5,7,8). The topological polar surface area (TPSA) is 72.5 Å². The van der Waals surface area contributed by atoms with Crippen LogP contribution in [0.4, 0.5) is 0 Å². The molecule has 0 aromatic heterocycles. The molecule has 0 heterocycles. The van der Waals surface area contributed by atoms with Crippen LogP contribution in [-0.2, 0) is 20.5 Å². The molecule has 0 aliphatic heterocycles. The Kier molecular flexibility index (Phi) is 4.51. The molecule has 0 aliphatic rings. The SMILES string of the molecule is C=CCC(=O)ON[SH](=O)=O. The zero-order chi connectivity index (χ0) is 7.98. The molecule has 10 heavy (non-hydrogen) atoms. The zero-order valence-electron chi connectivity index (χ0n) is 5.07. The average Bonchev–Trinajstić information content (AvgIpc) is 1.85. The fourth-order valence-electron chi connectivity index (χ4n) is 0.248. The van der Waals surface area contributed by atoms with Crippen molar-refractivity contribution in [1.82, 2.24) is 4.89 Å². The van der Waals surface area contributed by atoms with Gasteiger partial charge in [0.1, 0.15) is 0 Å². The maximum Gasteiger partial charge on any atom is 0.329 e. The van der Waals surface area contributed by atoms with Crippen LogP contribution in [0.5, 0.6) is 0 Å². The Morgan fingerprint density at radius 3 is 2.70 bits per heavy atom. The lowest BCUT2D eigenvalue weighted by Gasteiger charge is -1.94. The van der Waals surface area contributed by atoms with Crippen molar-refractivity contribution in [3.05, 3.63) is 12.7 Å². The molecule has 0 saturated carbocycles. The Morgan fingerprint density at radius 1 is 1.70 bits per heavy atom. The molecular weight excluding hydrogens is 158 g/mol. The molecule has 0 spiro atoms. The first kappa shape index (κ1) is 9.12. The molecule has 0 aliphatic carbocycles. The number of hydrogen-bond acceptors (Lipinski definition) is 4. The summed E-state index contributed by atoms with van der Waals surface area (Å²) in [6.45, 7) is 3.25. The summed E-state index contributed by atoms with van der Waals surface area (Å²) < 4.78 is 19.5. The molecular formula is C4H7NO4S. The summed E-state index contributed by atoms with van der Waals surface area (Å²) in [5, 5.41) is 0. The van der Waals surface area contributed by atoms with E-state index in [2.05, 4.69) is 11.4 Å². The number of nitrogens with one attached hydrogen (secondary N) is 1. The predicted molar refractivity (Wildman–Crippen MR) is 34.4 cm³/mol. The van der Waals surface area contributed by atoms with E-state index >= 15 is 0 Å². The molecule has 0 fully saturated rings. The molecule has 1 N–H and O–H groups in total. The van der Waals surface area contributed by atoms with E-state index in [-0.39, 0.29) is 6.42 Å². The third-order valence-corrected chi connectivity index (χ3v) is 0.785. The first-order valence-electron chi connectivity index (χ1n) is 2.37. The lowest BCUT2D eigenvalue weighted by Crippen LogP contribution is -2.17. The van der Waals surface area contributed by atoms with Crippen molar-refractivity contribution in [2.45, 2.75) is 6.42 Å².